The summed E-state index contributed by atoms with van der Waals surface area (Å²) >= 11 is 0.802. The number of aliphatic carboxylic acids is 1. The van der Waals surface area contributed by atoms with Gasteiger partial charge in [0.25, 0.3) is 5.91 Å². The van der Waals surface area contributed by atoms with Gasteiger partial charge in [0.05, 0.1) is 22.9 Å². The van der Waals surface area contributed by atoms with Crippen LogP contribution in [0.15, 0.2) is 23.2 Å². The van der Waals surface area contributed by atoms with Gasteiger partial charge in [0.15, 0.2) is 5.17 Å². The lowest BCUT2D eigenvalue weighted by Crippen LogP contribution is -2.39. The van der Waals surface area contributed by atoms with E-state index in [1.807, 2.05) is 0 Å². The molecule has 0 saturated heterocycles. The van der Waals surface area contributed by atoms with Crippen LogP contribution in [-0.4, -0.2) is 32.9 Å². The van der Waals surface area contributed by atoms with Crippen molar-refractivity contribution in [2.75, 3.05) is 4.90 Å². The Bertz CT molecular complexity index is 859. The van der Waals surface area contributed by atoms with Gasteiger partial charge in [0.2, 0.25) is 0 Å². The Labute approximate surface area is 157 Å². The molecule has 1 aliphatic heterocycles. The molecule has 0 bridgehead atoms. The van der Waals surface area contributed by atoms with Crippen molar-refractivity contribution in [2.45, 2.75) is 44.2 Å². The van der Waals surface area contributed by atoms with Crippen molar-refractivity contribution in [1.82, 2.24) is 0 Å². The number of aliphatic imine (C=N–C) groups is 1. The minimum atomic E-state index is -4.78. The molecule has 1 unspecified atom stereocenters. The third-order valence-electron chi connectivity index (χ3n) is 3.87. The standard InChI is InChI=1S/C17H16F3N3O3S/c1-4-12(13(24)25)27-15-22-16(2,3)14(26)23(15)10-6-5-9(8-21)11(7-10)17(18,19)20/h5-7,12H,4H2,1-3H3,(H,24,25). The van der Waals surface area contributed by atoms with Crippen LogP contribution >= 0.6 is 11.8 Å². The molecule has 0 saturated carbocycles. The number of carbonyl (C=O) groups is 2. The van der Waals surface area contributed by atoms with Crippen molar-refractivity contribution in [2.24, 2.45) is 4.99 Å². The van der Waals surface area contributed by atoms with Crippen molar-refractivity contribution >= 4 is 34.5 Å². The highest BCUT2D eigenvalue weighted by Gasteiger charge is 2.44. The van der Waals surface area contributed by atoms with Crippen LogP contribution in [0.4, 0.5) is 18.9 Å². The molecule has 1 aromatic carbocycles. The van der Waals surface area contributed by atoms with Gasteiger partial charge < -0.3 is 5.11 Å². The van der Waals surface area contributed by atoms with Gasteiger partial charge in [-0.1, -0.05) is 18.7 Å². The van der Waals surface area contributed by atoms with Crippen LogP contribution in [0.25, 0.3) is 0 Å². The molecule has 6 nitrogen and oxygen atoms in total. The van der Waals surface area contributed by atoms with Crippen LogP contribution in [0.5, 0.6) is 0 Å². The van der Waals surface area contributed by atoms with Gasteiger partial charge in [-0.25, -0.2) is 4.99 Å². The Kier molecular flexibility index (Phi) is 5.56. The molecule has 1 aromatic rings. The predicted octanol–water partition coefficient (Wildman–Crippen LogP) is 3.65. The number of rotatable bonds is 4. The van der Waals surface area contributed by atoms with E-state index in [0.717, 1.165) is 22.7 Å². The summed E-state index contributed by atoms with van der Waals surface area (Å²) in [5.41, 5.74) is -3.11. The van der Waals surface area contributed by atoms with Crippen LogP contribution in [0.2, 0.25) is 0 Å². The summed E-state index contributed by atoms with van der Waals surface area (Å²) in [6.07, 6.45) is -4.54. The van der Waals surface area contributed by atoms with Crippen LogP contribution in [0, 0.1) is 11.3 Å². The zero-order valence-electron chi connectivity index (χ0n) is 14.7. The fourth-order valence-electron chi connectivity index (χ4n) is 2.44. The SMILES string of the molecule is CCC(SC1=NC(C)(C)C(=O)N1c1ccc(C#N)c(C(F)(F)F)c1)C(=O)O. The number of nitrogens with zero attached hydrogens (tertiary/aromatic N) is 3. The number of halogens is 3. The first-order chi connectivity index (χ1) is 12.4. The second-order valence-electron chi connectivity index (χ2n) is 6.29. The topological polar surface area (TPSA) is 93.8 Å². The van der Waals surface area contributed by atoms with Crippen LogP contribution in [0.3, 0.4) is 0 Å². The zero-order valence-corrected chi connectivity index (χ0v) is 15.5. The Morgan fingerprint density at radius 2 is 2.07 bits per heavy atom. The third-order valence-corrected chi connectivity index (χ3v) is 5.18. The highest BCUT2D eigenvalue weighted by atomic mass is 32.2. The number of carbonyl (C=O) groups excluding carboxylic acids is 1. The van der Waals surface area contributed by atoms with Gasteiger partial charge >= 0.3 is 12.1 Å². The van der Waals surface area contributed by atoms with Crippen molar-refractivity contribution < 1.29 is 27.9 Å². The fourth-order valence-corrected chi connectivity index (χ4v) is 3.54. The maximum Gasteiger partial charge on any atom is 0.417 e. The average molecular weight is 399 g/mol. The van der Waals surface area contributed by atoms with E-state index in [1.165, 1.54) is 26.0 Å². The summed E-state index contributed by atoms with van der Waals surface area (Å²) in [7, 11) is 0. The number of hydrogen-bond acceptors (Lipinski definition) is 5. The van der Waals surface area contributed by atoms with E-state index in [1.54, 1.807) is 6.92 Å². The number of hydrogen-bond donors (Lipinski definition) is 1. The first-order valence-electron chi connectivity index (χ1n) is 7.87. The number of carboxylic acid groups (broad SMARTS) is 1. The van der Waals surface area contributed by atoms with Gasteiger partial charge in [-0.3, -0.25) is 14.5 Å². The molecule has 1 amide bonds. The molecule has 27 heavy (non-hydrogen) atoms. The van der Waals surface area contributed by atoms with E-state index in [9.17, 15) is 27.9 Å². The lowest BCUT2D eigenvalue weighted by molar-refractivity contribution is -0.138. The predicted molar refractivity (Wildman–Crippen MR) is 94.5 cm³/mol. The van der Waals surface area contributed by atoms with E-state index >= 15 is 0 Å². The summed E-state index contributed by atoms with van der Waals surface area (Å²) in [6.45, 7) is 4.62. The van der Waals surface area contributed by atoms with Crippen molar-refractivity contribution in [3.63, 3.8) is 0 Å². The zero-order chi connectivity index (χ0) is 20.6. The monoisotopic (exact) mass is 399 g/mol. The number of nitriles is 1. The number of amides is 1. The average Bonchev–Trinajstić information content (AvgIpc) is 2.80. The van der Waals surface area contributed by atoms with Crippen molar-refractivity contribution in [3.8, 4) is 6.07 Å². The molecular formula is C17H16F3N3O3S. The number of carboxylic acids is 1. The Morgan fingerprint density at radius 1 is 1.44 bits per heavy atom. The largest absolute Gasteiger partial charge is 0.480 e. The lowest BCUT2D eigenvalue weighted by atomic mass is 10.0. The summed E-state index contributed by atoms with van der Waals surface area (Å²) in [6, 6.07) is 4.38. The highest BCUT2D eigenvalue weighted by molar-refractivity contribution is 8.15. The summed E-state index contributed by atoms with van der Waals surface area (Å²) in [5, 5.41) is 17.3. The first kappa shape index (κ1) is 20.8. The van der Waals surface area contributed by atoms with Gasteiger partial charge in [-0.2, -0.15) is 18.4 Å². The number of alkyl halides is 3. The molecule has 0 aromatic heterocycles. The van der Waals surface area contributed by atoms with Gasteiger partial charge in [0, 0.05) is 0 Å². The van der Waals surface area contributed by atoms with Crippen molar-refractivity contribution in [1.29, 1.82) is 5.26 Å². The van der Waals surface area contributed by atoms with E-state index in [4.69, 9.17) is 5.26 Å². The first-order valence-corrected chi connectivity index (χ1v) is 8.75. The Hall–Kier alpha value is -2.54. The van der Waals surface area contributed by atoms with Crippen molar-refractivity contribution in [3.05, 3.63) is 29.3 Å². The van der Waals surface area contributed by atoms with E-state index < -0.39 is 40.0 Å². The second kappa shape index (κ2) is 7.23. The van der Waals surface area contributed by atoms with E-state index in [2.05, 4.69) is 4.99 Å². The van der Waals surface area contributed by atoms with Gasteiger partial charge in [0.1, 0.15) is 10.8 Å². The quantitative estimate of drug-likeness (QED) is 0.834. The third kappa shape index (κ3) is 4.08. The second-order valence-corrected chi connectivity index (χ2v) is 7.46. The van der Waals surface area contributed by atoms with Crippen LogP contribution in [-0.2, 0) is 15.8 Å². The lowest BCUT2D eigenvalue weighted by Gasteiger charge is -2.23. The number of anilines is 1. The molecule has 1 aliphatic rings. The highest BCUT2D eigenvalue weighted by Crippen LogP contribution is 2.38. The van der Waals surface area contributed by atoms with E-state index in [0.29, 0.717) is 6.07 Å². The molecule has 0 aliphatic carbocycles. The molecule has 0 spiro atoms. The molecule has 10 heteroatoms. The summed E-state index contributed by atoms with van der Waals surface area (Å²) < 4.78 is 39.8. The molecule has 1 atom stereocenters. The Morgan fingerprint density at radius 3 is 2.56 bits per heavy atom. The minimum Gasteiger partial charge on any atom is -0.480 e. The van der Waals surface area contributed by atoms with Crippen LogP contribution in [0.1, 0.15) is 38.3 Å². The molecule has 0 radical (unpaired) electrons. The van der Waals surface area contributed by atoms with Gasteiger partial charge in [-0.15, -0.1) is 0 Å². The van der Waals surface area contributed by atoms with Gasteiger partial charge in [-0.05, 0) is 38.5 Å². The summed E-state index contributed by atoms with van der Waals surface area (Å²) in [5.74, 6) is -1.69. The molecule has 2 rings (SSSR count). The molecule has 1 heterocycles. The molecule has 1 N–H and O–H groups in total. The normalized spacial score (nSPS) is 17.4. The maximum atomic E-state index is 13.3. The molecule has 144 valence electrons. The van der Waals surface area contributed by atoms with Crippen LogP contribution < -0.4 is 4.90 Å². The number of benzene rings is 1. The minimum absolute atomic E-state index is 0.0112. The number of amidine groups is 1. The summed E-state index contributed by atoms with van der Waals surface area (Å²) in [4.78, 5) is 29.2. The maximum absolute atomic E-state index is 13.3. The molecule has 0 fully saturated rings. The smallest absolute Gasteiger partial charge is 0.417 e. The Balaban J connectivity index is 2.55. The van der Waals surface area contributed by atoms with E-state index in [-0.39, 0.29) is 17.3 Å². The number of thioether (sulfide) groups is 1. The fraction of sp³-hybridized carbons (Fsp3) is 0.412. The molecular weight excluding hydrogens is 383 g/mol.